The van der Waals surface area contributed by atoms with Crippen LogP contribution in [0.25, 0.3) is 0 Å². The third-order valence-electron chi connectivity index (χ3n) is 3.88. The minimum atomic E-state index is -3.08. The van der Waals surface area contributed by atoms with E-state index in [2.05, 4.69) is 5.32 Å². The number of rotatable bonds is 6. The molecule has 1 N–H and O–H groups in total. The second-order valence-corrected chi connectivity index (χ2v) is 8.49. The van der Waals surface area contributed by atoms with Gasteiger partial charge in [0, 0.05) is 6.04 Å². The Morgan fingerprint density at radius 2 is 1.96 bits per heavy atom. The molecule has 3 atom stereocenters. The summed E-state index contributed by atoms with van der Waals surface area (Å²) in [7, 11) is -3.08. The monoisotopic (exact) mass is 369 g/mol. The quantitative estimate of drug-likeness (QED) is 0.751. The molecule has 1 aliphatic heterocycles. The van der Waals surface area contributed by atoms with Gasteiger partial charge in [0.25, 0.3) is 5.91 Å². The summed E-state index contributed by atoms with van der Waals surface area (Å²) in [6, 6.07) is 6.81. The van der Waals surface area contributed by atoms with Crippen LogP contribution in [-0.4, -0.2) is 50.0 Å². The van der Waals surface area contributed by atoms with Crippen molar-refractivity contribution in [2.75, 3.05) is 11.5 Å². The fraction of sp³-hybridized carbons (Fsp3) is 0.529. The molecule has 8 heteroatoms. The number of sulfone groups is 1. The molecule has 1 fully saturated rings. The number of hydrogen-bond acceptors (Lipinski definition) is 6. The number of esters is 1. The Hall–Kier alpha value is -2.09. The zero-order valence-electron chi connectivity index (χ0n) is 14.5. The van der Waals surface area contributed by atoms with Crippen molar-refractivity contribution in [1.29, 1.82) is 0 Å². The van der Waals surface area contributed by atoms with E-state index in [4.69, 9.17) is 9.47 Å². The molecule has 7 nitrogen and oxygen atoms in total. The van der Waals surface area contributed by atoms with Crippen molar-refractivity contribution < 1.29 is 27.5 Å². The maximum atomic E-state index is 12.1. The van der Waals surface area contributed by atoms with Gasteiger partial charge < -0.3 is 14.8 Å². The van der Waals surface area contributed by atoms with Gasteiger partial charge in [-0.3, -0.25) is 4.79 Å². The van der Waals surface area contributed by atoms with Gasteiger partial charge in [-0.2, -0.15) is 0 Å². The lowest BCUT2D eigenvalue weighted by Crippen LogP contribution is -2.43. The second-order valence-electron chi connectivity index (χ2n) is 6.26. The van der Waals surface area contributed by atoms with Crippen LogP contribution in [0.2, 0.25) is 0 Å². The molecule has 0 spiro atoms. The molecule has 0 aliphatic carbocycles. The Morgan fingerprint density at radius 1 is 1.24 bits per heavy atom. The first-order valence-corrected chi connectivity index (χ1v) is 9.93. The summed E-state index contributed by atoms with van der Waals surface area (Å²) in [6.45, 7) is 4.89. The number of carbonyl (C=O) groups excluding carboxylic acids is 2. The lowest BCUT2D eigenvalue weighted by atomic mass is 10.2. The first kappa shape index (κ1) is 19.2. The molecule has 1 aliphatic rings. The van der Waals surface area contributed by atoms with Crippen molar-refractivity contribution in [2.45, 2.75) is 45.4 Å². The van der Waals surface area contributed by atoms with Gasteiger partial charge in [-0.05, 0) is 44.9 Å². The summed E-state index contributed by atoms with van der Waals surface area (Å²) in [4.78, 5) is 24.1. The normalized spacial score (nSPS) is 21.2. The van der Waals surface area contributed by atoms with Crippen LogP contribution in [0.3, 0.4) is 0 Å². The van der Waals surface area contributed by atoms with Crippen molar-refractivity contribution in [3.8, 4) is 5.75 Å². The van der Waals surface area contributed by atoms with E-state index >= 15 is 0 Å². The highest BCUT2D eigenvalue weighted by Gasteiger charge is 2.31. The van der Waals surface area contributed by atoms with Crippen LogP contribution in [0.15, 0.2) is 24.3 Å². The molecule has 0 aromatic heterocycles. The Labute approximate surface area is 147 Å². The van der Waals surface area contributed by atoms with Gasteiger partial charge >= 0.3 is 5.97 Å². The third kappa shape index (κ3) is 5.74. The second kappa shape index (κ2) is 7.86. The van der Waals surface area contributed by atoms with Crippen LogP contribution in [-0.2, 0) is 24.2 Å². The molecule has 25 heavy (non-hydrogen) atoms. The molecule has 0 radical (unpaired) electrons. The van der Waals surface area contributed by atoms with Crippen LogP contribution in [0.5, 0.6) is 5.75 Å². The molecule has 138 valence electrons. The zero-order chi connectivity index (χ0) is 18.6. The van der Waals surface area contributed by atoms with Crippen molar-refractivity contribution in [3.05, 3.63) is 29.8 Å². The summed E-state index contributed by atoms with van der Waals surface area (Å²) in [5.74, 6) is -0.654. The van der Waals surface area contributed by atoms with Crippen LogP contribution in [0, 0.1) is 6.92 Å². The summed E-state index contributed by atoms with van der Waals surface area (Å²) < 4.78 is 33.4. The third-order valence-corrected chi connectivity index (χ3v) is 5.64. The highest BCUT2D eigenvalue weighted by atomic mass is 32.2. The highest BCUT2D eigenvalue weighted by molar-refractivity contribution is 7.91. The predicted molar refractivity (Wildman–Crippen MR) is 92.0 cm³/mol. The molecule has 1 heterocycles. The number of nitrogens with one attached hydrogen (secondary N) is 1. The van der Waals surface area contributed by atoms with E-state index in [1.54, 1.807) is 19.1 Å². The van der Waals surface area contributed by atoms with Crippen LogP contribution < -0.4 is 10.1 Å². The smallest absolute Gasteiger partial charge is 0.347 e. The summed E-state index contributed by atoms with van der Waals surface area (Å²) in [5.41, 5.74) is 0.998. The predicted octanol–water partition coefficient (Wildman–Crippen LogP) is 0.997. The highest BCUT2D eigenvalue weighted by Crippen LogP contribution is 2.15. The first-order valence-electron chi connectivity index (χ1n) is 8.11. The molecule has 1 saturated heterocycles. The number of carbonyl (C=O) groups is 2. The number of amides is 1. The van der Waals surface area contributed by atoms with Gasteiger partial charge in [-0.1, -0.05) is 12.1 Å². The standard InChI is InChI=1S/C17H23NO6S/c1-11-5-4-6-15(9-11)23-13(3)17(20)24-12(2)16(19)18-14-7-8-25(21,22)10-14/h4-6,9,12-14H,7-8,10H2,1-3H3,(H,18,19)/t12-,13-,14-/m1/s1. The van der Waals surface area contributed by atoms with Gasteiger partial charge in [0.2, 0.25) is 0 Å². The molecule has 0 saturated carbocycles. The van der Waals surface area contributed by atoms with E-state index in [0.717, 1.165) is 5.56 Å². The lowest BCUT2D eigenvalue weighted by molar-refractivity contribution is -0.161. The Kier molecular flexibility index (Phi) is 6.05. The average molecular weight is 369 g/mol. The molecule has 0 bridgehead atoms. The Bertz CT molecular complexity index is 745. The van der Waals surface area contributed by atoms with Crippen LogP contribution in [0.1, 0.15) is 25.8 Å². The fourth-order valence-electron chi connectivity index (χ4n) is 2.49. The van der Waals surface area contributed by atoms with Crippen molar-refractivity contribution in [2.24, 2.45) is 0 Å². The van der Waals surface area contributed by atoms with Crippen molar-refractivity contribution in [3.63, 3.8) is 0 Å². The van der Waals surface area contributed by atoms with E-state index in [1.165, 1.54) is 6.92 Å². The topological polar surface area (TPSA) is 98.8 Å². The van der Waals surface area contributed by atoms with Gasteiger partial charge in [-0.15, -0.1) is 0 Å². The van der Waals surface area contributed by atoms with E-state index in [1.807, 2.05) is 19.1 Å². The molecular weight excluding hydrogens is 346 g/mol. The first-order chi connectivity index (χ1) is 11.7. The Balaban J connectivity index is 1.83. The van der Waals surface area contributed by atoms with Gasteiger partial charge in [-0.25, -0.2) is 13.2 Å². The van der Waals surface area contributed by atoms with Crippen molar-refractivity contribution >= 4 is 21.7 Å². The lowest BCUT2D eigenvalue weighted by Gasteiger charge is -2.19. The molecule has 1 aromatic carbocycles. The summed E-state index contributed by atoms with van der Waals surface area (Å²) in [5, 5.41) is 2.60. The molecule has 1 amide bonds. The van der Waals surface area contributed by atoms with Gasteiger partial charge in [0.15, 0.2) is 22.0 Å². The number of aryl methyl sites for hydroxylation is 1. The maximum absolute atomic E-state index is 12.1. The van der Waals surface area contributed by atoms with Gasteiger partial charge in [0.1, 0.15) is 5.75 Å². The van der Waals surface area contributed by atoms with E-state index in [9.17, 15) is 18.0 Å². The van der Waals surface area contributed by atoms with Gasteiger partial charge in [0.05, 0.1) is 11.5 Å². The van der Waals surface area contributed by atoms with Crippen molar-refractivity contribution in [1.82, 2.24) is 5.32 Å². The summed E-state index contributed by atoms with van der Waals surface area (Å²) >= 11 is 0. The van der Waals surface area contributed by atoms with E-state index < -0.39 is 40.0 Å². The minimum Gasteiger partial charge on any atom is -0.479 e. The number of hydrogen-bond donors (Lipinski definition) is 1. The number of benzene rings is 1. The number of ether oxygens (including phenoxy) is 2. The SMILES string of the molecule is Cc1cccc(O[C@H](C)C(=O)O[C@H](C)C(=O)N[C@@H]2CCS(=O)(=O)C2)c1. The molecule has 2 rings (SSSR count). The maximum Gasteiger partial charge on any atom is 0.347 e. The molecule has 1 aromatic rings. The minimum absolute atomic E-state index is 0.0630. The fourth-order valence-corrected chi connectivity index (χ4v) is 4.17. The van der Waals surface area contributed by atoms with Crippen LogP contribution >= 0.6 is 0 Å². The zero-order valence-corrected chi connectivity index (χ0v) is 15.3. The average Bonchev–Trinajstić information content (AvgIpc) is 2.85. The largest absolute Gasteiger partial charge is 0.479 e. The Morgan fingerprint density at radius 3 is 2.56 bits per heavy atom. The van der Waals surface area contributed by atoms with E-state index in [0.29, 0.717) is 12.2 Å². The summed E-state index contributed by atoms with van der Waals surface area (Å²) in [6.07, 6.45) is -1.52. The van der Waals surface area contributed by atoms with E-state index in [-0.39, 0.29) is 11.5 Å². The van der Waals surface area contributed by atoms with Crippen LogP contribution in [0.4, 0.5) is 0 Å². The molecular formula is C17H23NO6S. The molecule has 0 unspecified atom stereocenters.